The van der Waals surface area contributed by atoms with Crippen LogP contribution in [0, 0.1) is 0 Å². The Morgan fingerprint density at radius 2 is 1.18 bits per heavy atom. The van der Waals surface area contributed by atoms with Gasteiger partial charge in [-0.1, -0.05) is 109 Å². The molecular formula is C31H24N2. The minimum absolute atomic E-state index is 0.803. The first-order valence-corrected chi connectivity index (χ1v) is 11.3. The molecule has 6 rings (SSSR count). The summed E-state index contributed by atoms with van der Waals surface area (Å²) < 4.78 is 2.47. The third kappa shape index (κ3) is 3.56. The second-order valence-corrected chi connectivity index (χ2v) is 8.34. The Bertz CT molecular complexity index is 1510. The highest BCUT2D eigenvalue weighted by molar-refractivity contribution is 6.00. The van der Waals surface area contributed by atoms with Crippen LogP contribution >= 0.6 is 0 Å². The number of fused-ring (bicyclic) bond motifs is 1. The van der Waals surface area contributed by atoms with E-state index in [-0.39, 0.29) is 0 Å². The Morgan fingerprint density at radius 3 is 1.91 bits per heavy atom. The maximum atomic E-state index is 3.47. The van der Waals surface area contributed by atoms with Crippen molar-refractivity contribution >= 4 is 10.9 Å². The number of benzene rings is 4. The average molecular weight is 425 g/mol. The van der Waals surface area contributed by atoms with E-state index < -0.39 is 0 Å². The number of nitrogens with one attached hydrogen (secondary N) is 1. The predicted molar refractivity (Wildman–Crippen MR) is 138 cm³/mol. The van der Waals surface area contributed by atoms with Crippen LogP contribution in [0.5, 0.6) is 0 Å². The van der Waals surface area contributed by atoms with Crippen molar-refractivity contribution in [1.29, 1.82) is 0 Å². The number of nitrogens with zero attached hydrogens (tertiary/aromatic N) is 1. The second-order valence-electron chi connectivity index (χ2n) is 8.34. The summed E-state index contributed by atoms with van der Waals surface area (Å²) in [7, 11) is 0. The minimum Gasteiger partial charge on any atom is -0.361 e. The van der Waals surface area contributed by atoms with E-state index in [0.717, 1.165) is 12.1 Å². The van der Waals surface area contributed by atoms with Crippen molar-refractivity contribution in [2.75, 3.05) is 0 Å². The molecule has 0 aliphatic carbocycles. The zero-order chi connectivity index (χ0) is 22.0. The Morgan fingerprint density at radius 1 is 0.576 bits per heavy atom. The fourth-order valence-electron chi connectivity index (χ4n) is 4.73. The summed E-state index contributed by atoms with van der Waals surface area (Å²) in [5.41, 5.74) is 9.81. The van der Waals surface area contributed by atoms with Gasteiger partial charge in [-0.05, 0) is 28.8 Å². The summed E-state index contributed by atoms with van der Waals surface area (Å²) in [5, 5.41) is 1.24. The highest BCUT2D eigenvalue weighted by atomic mass is 15.0. The molecule has 1 N–H and O–H groups in total. The zero-order valence-electron chi connectivity index (χ0n) is 18.3. The fraction of sp³-hybridized carbons (Fsp3) is 0.0323. The standard InChI is InChI=1S/C31H24N2/c1-4-12-23(13-5-1)22-33-30(24-14-6-2-7-15-24)20-27(31(33)25-16-8-3-9-17-25)28-21-32-29-19-11-10-18-26(28)29/h1-21,32H,22H2. The smallest absolute Gasteiger partial charge is 0.0568 e. The Kier molecular flexibility index (Phi) is 4.89. The van der Waals surface area contributed by atoms with Gasteiger partial charge in [-0.3, -0.25) is 0 Å². The van der Waals surface area contributed by atoms with E-state index in [0.29, 0.717) is 0 Å². The first-order chi connectivity index (χ1) is 16.4. The number of rotatable bonds is 5. The molecule has 6 aromatic rings. The number of aromatic amines is 1. The highest BCUT2D eigenvalue weighted by Crippen LogP contribution is 2.41. The van der Waals surface area contributed by atoms with Gasteiger partial charge in [0.1, 0.15) is 0 Å². The van der Waals surface area contributed by atoms with Crippen LogP contribution in [0.25, 0.3) is 44.5 Å². The topological polar surface area (TPSA) is 20.7 Å². The summed E-state index contributed by atoms with van der Waals surface area (Å²) in [4.78, 5) is 3.47. The van der Waals surface area contributed by atoms with Crippen LogP contribution in [0.1, 0.15) is 5.56 Å². The molecule has 0 saturated heterocycles. The molecule has 0 unspecified atom stereocenters. The fourth-order valence-corrected chi connectivity index (χ4v) is 4.73. The molecule has 2 aromatic heterocycles. The van der Waals surface area contributed by atoms with Crippen molar-refractivity contribution < 1.29 is 0 Å². The van der Waals surface area contributed by atoms with Crippen molar-refractivity contribution in [2.24, 2.45) is 0 Å². The van der Waals surface area contributed by atoms with Gasteiger partial charge in [0.2, 0.25) is 0 Å². The van der Waals surface area contributed by atoms with Gasteiger partial charge < -0.3 is 9.55 Å². The lowest BCUT2D eigenvalue weighted by Gasteiger charge is -2.15. The molecule has 0 saturated carbocycles. The summed E-state index contributed by atoms with van der Waals surface area (Å²) >= 11 is 0. The number of H-pyrrole nitrogens is 1. The summed E-state index contributed by atoms with van der Waals surface area (Å²) in [6.07, 6.45) is 2.15. The molecule has 0 bridgehead atoms. The molecule has 33 heavy (non-hydrogen) atoms. The van der Waals surface area contributed by atoms with Crippen LogP contribution in [0.3, 0.4) is 0 Å². The number of hydrogen-bond acceptors (Lipinski definition) is 0. The molecule has 0 spiro atoms. The molecule has 4 aromatic carbocycles. The average Bonchev–Trinajstić information content (AvgIpc) is 3.47. The van der Waals surface area contributed by atoms with Crippen LogP contribution in [-0.2, 0) is 6.54 Å². The van der Waals surface area contributed by atoms with Crippen LogP contribution in [-0.4, -0.2) is 9.55 Å². The molecule has 0 radical (unpaired) electrons. The second kappa shape index (κ2) is 8.33. The van der Waals surface area contributed by atoms with Gasteiger partial charge in [0, 0.05) is 40.5 Å². The monoisotopic (exact) mass is 424 g/mol. The van der Waals surface area contributed by atoms with E-state index in [1.165, 1.54) is 44.6 Å². The first-order valence-electron chi connectivity index (χ1n) is 11.3. The molecule has 158 valence electrons. The quantitative estimate of drug-likeness (QED) is 0.289. The van der Waals surface area contributed by atoms with Gasteiger partial charge in [-0.2, -0.15) is 0 Å². The molecule has 2 heterocycles. The van der Waals surface area contributed by atoms with Crippen molar-refractivity contribution in [3.8, 4) is 33.6 Å². The largest absolute Gasteiger partial charge is 0.361 e. The third-order valence-corrected chi connectivity index (χ3v) is 6.28. The van der Waals surface area contributed by atoms with Crippen molar-refractivity contribution in [3.05, 3.63) is 133 Å². The van der Waals surface area contributed by atoms with Crippen LogP contribution < -0.4 is 0 Å². The summed E-state index contributed by atoms with van der Waals surface area (Å²) in [5.74, 6) is 0. The summed E-state index contributed by atoms with van der Waals surface area (Å²) in [6.45, 7) is 0.803. The van der Waals surface area contributed by atoms with Crippen LogP contribution in [0.2, 0.25) is 0 Å². The van der Waals surface area contributed by atoms with Gasteiger partial charge >= 0.3 is 0 Å². The normalized spacial score (nSPS) is 11.2. The molecule has 0 aliphatic rings. The Labute approximate surface area is 193 Å². The molecule has 0 aliphatic heterocycles. The highest BCUT2D eigenvalue weighted by Gasteiger charge is 2.21. The maximum absolute atomic E-state index is 3.47. The van der Waals surface area contributed by atoms with Crippen molar-refractivity contribution in [2.45, 2.75) is 6.54 Å². The SMILES string of the molecule is c1ccc(Cn2c(-c3ccccc3)cc(-c3c[nH]c4ccccc34)c2-c2ccccc2)cc1. The Hall–Kier alpha value is -4.30. The van der Waals surface area contributed by atoms with Gasteiger partial charge in [0.05, 0.1) is 5.69 Å². The van der Waals surface area contributed by atoms with Crippen molar-refractivity contribution in [1.82, 2.24) is 9.55 Å². The number of para-hydroxylation sites is 1. The number of hydrogen-bond donors (Lipinski definition) is 1. The Balaban J connectivity index is 1.67. The van der Waals surface area contributed by atoms with E-state index in [4.69, 9.17) is 0 Å². The molecule has 0 atom stereocenters. The summed E-state index contributed by atoms with van der Waals surface area (Å²) in [6, 6.07) is 43.1. The van der Waals surface area contributed by atoms with E-state index in [9.17, 15) is 0 Å². The third-order valence-electron chi connectivity index (χ3n) is 6.28. The predicted octanol–water partition coefficient (Wildman–Crippen LogP) is 8.02. The molecular weight excluding hydrogens is 400 g/mol. The molecule has 0 fully saturated rings. The number of aromatic nitrogens is 2. The van der Waals surface area contributed by atoms with Gasteiger partial charge in [0.15, 0.2) is 0 Å². The van der Waals surface area contributed by atoms with E-state index in [1.807, 2.05) is 0 Å². The van der Waals surface area contributed by atoms with Crippen molar-refractivity contribution in [3.63, 3.8) is 0 Å². The first kappa shape index (κ1) is 19.4. The molecule has 2 nitrogen and oxygen atoms in total. The maximum Gasteiger partial charge on any atom is 0.0568 e. The van der Waals surface area contributed by atoms with E-state index in [2.05, 4.69) is 137 Å². The van der Waals surface area contributed by atoms with Gasteiger partial charge in [-0.15, -0.1) is 0 Å². The minimum atomic E-state index is 0.803. The van der Waals surface area contributed by atoms with Gasteiger partial charge in [-0.25, -0.2) is 0 Å². The lowest BCUT2D eigenvalue weighted by atomic mass is 10.0. The lowest BCUT2D eigenvalue weighted by Crippen LogP contribution is -2.04. The zero-order valence-corrected chi connectivity index (χ0v) is 18.3. The molecule has 2 heteroatoms. The van der Waals surface area contributed by atoms with Crippen LogP contribution in [0.15, 0.2) is 128 Å². The van der Waals surface area contributed by atoms with E-state index in [1.54, 1.807) is 0 Å². The van der Waals surface area contributed by atoms with E-state index >= 15 is 0 Å². The van der Waals surface area contributed by atoms with Gasteiger partial charge in [0.25, 0.3) is 0 Å². The van der Waals surface area contributed by atoms with Crippen LogP contribution in [0.4, 0.5) is 0 Å². The molecule has 0 amide bonds. The lowest BCUT2D eigenvalue weighted by molar-refractivity contribution is 0.823.